The number of pyridine rings is 1. The van der Waals surface area contributed by atoms with Gasteiger partial charge in [0.15, 0.2) is 0 Å². The average Bonchev–Trinajstić information content (AvgIpc) is 3.11. The van der Waals surface area contributed by atoms with Crippen molar-refractivity contribution in [1.82, 2.24) is 15.7 Å². The number of benzene rings is 1. The topological polar surface area (TPSA) is 146 Å². The number of ether oxygens (including phenoxy) is 1. The second kappa shape index (κ2) is 9.65. The van der Waals surface area contributed by atoms with Crippen LogP contribution in [-0.2, 0) is 16.0 Å². The number of hydrogen-bond acceptors (Lipinski definition) is 6. The zero-order valence-electron chi connectivity index (χ0n) is 16.8. The number of carbonyl (C=O) groups excluding carboxylic acids is 2. The molecule has 11 heteroatoms. The maximum absolute atomic E-state index is 14.8. The van der Waals surface area contributed by atoms with E-state index in [4.69, 9.17) is 15.9 Å². The van der Waals surface area contributed by atoms with Gasteiger partial charge in [-0.05, 0) is 29.8 Å². The molecule has 0 aliphatic carbocycles. The minimum absolute atomic E-state index is 0.198. The Morgan fingerprint density at radius 2 is 2.26 bits per heavy atom. The summed E-state index contributed by atoms with van der Waals surface area (Å²) in [5.74, 6) is -0.999. The molecule has 162 valence electrons. The Kier molecular flexibility index (Phi) is 6.75. The Morgan fingerprint density at radius 1 is 1.45 bits per heavy atom. The third-order valence-electron chi connectivity index (χ3n) is 4.42. The van der Waals surface area contributed by atoms with Crippen molar-refractivity contribution < 1.29 is 18.7 Å². The third-order valence-corrected chi connectivity index (χ3v) is 4.42. The van der Waals surface area contributed by atoms with E-state index in [2.05, 4.69) is 20.8 Å². The lowest BCUT2D eigenvalue weighted by Crippen LogP contribution is -2.33. The van der Waals surface area contributed by atoms with Gasteiger partial charge >= 0.3 is 6.09 Å². The van der Waals surface area contributed by atoms with Gasteiger partial charge in [-0.1, -0.05) is 6.07 Å². The molecule has 2 heterocycles. The van der Waals surface area contributed by atoms with Crippen LogP contribution >= 0.6 is 0 Å². The Labute approximate surface area is 177 Å². The molecular weight excluding hydrogens is 405 g/mol. The highest BCUT2D eigenvalue weighted by molar-refractivity contribution is 5.90. The van der Waals surface area contributed by atoms with Crippen molar-refractivity contribution in [3.63, 3.8) is 0 Å². The van der Waals surface area contributed by atoms with Crippen LogP contribution < -0.4 is 21.4 Å². The molecule has 10 nitrogen and oxygen atoms in total. The summed E-state index contributed by atoms with van der Waals surface area (Å²) in [4.78, 5) is 28.7. The quantitative estimate of drug-likeness (QED) is 0.298. The van der Waals surface area contributed by atoms with Gasteiger partial charge in [-0.15, -0.1) is 0 Å². The number of aromatic nitrogens is 1. The molecule has 1 fully saturated rings. The van der Waals surface area contributed by atoms with Crippen molar-refractivity contribution in [3.05, 3.63) is 47.9 Å². The summed E-state index contributed by atoms with van der Waals surface area (Å²) in [6, 6.07) is 7.91. The highest BCUT2D eigenvalue weighted by Crippen LogP contribution is 2.28. The van der Waals surface area contributed by atoms with Crippen LogP contribution in [0.3, 0.4) is 0 Å². The molecule has 1 aromatic carbocycles. The number of hydrazone groups is 1. The van der Waals surface area contributed by atoms with Crippen molar-refractivity contribution in [2.75, 3.05) is 18.0 Å². The van der Waals surface area contributed by atoms with Crippen LogP contribution in [0.15, 0.2) is 41.6 Å². The first-order chi connectivity index (χ1) is 14.8. The van der Waals surface area contributed by atoms with Crippen LogP contribution in [0, 0.1) is 11.2 Å². The monoisotopic (exact) mass is 427 g/mol. The number of halogens is 1. The van der Waals surface area contributed by atoms with Gasteiger partial charge in [0.05, 0.1) is 24.5 Å². The van der Waals surface area contributed by atoms with Gasteiger partial charge in [-0.25, -0.2) is 14.6 Å². The molecule has 0 radical (unpaired) electrons. The Morgan fingerprint density at radius 3 is 2.90 bits per heavy atom. The van der Waals surface area contributed by atoms with E-state index >= 15 is 0 Å². The lowest BCUT2D eigenvalue weighted by atomic mass is 10.1. The van der Waals surface area contributed by atoms with E-state index in [1.54, 1.807) is 36.7 Å². The lowest BCUT2D eigenvalue weighted by Gasteiger charge is -2.14. The number of amides is 2. The maximum Gasteiger partial charge on any atom is 0.414 e. The summed E-state index contributed by atoms with van der Waals surface area (Å²) in [5, 5.41) is 13.4. The summed E-state index contributed by atoms with van der Waals surface area (Å²) in [5.41, 5.74) is 9.39. The van der Waals surface area contributed by atoms with Crippen molar-refractivity contribution in [1.29, 1.82) is 5.41 Å². The van der Waals surface area contributed by atoms with Gasteiger partial charge in [0, 0.05) is 31.3 Å². The van der Waals surface area contributed by atoms with Crippen LogP contribution in [0.4, 0.5) is 14.9 Å². The molecule has 1 saturated heterocycles. The van der Waals surface area contributed by atoms with E-state index in [0.717, 1.165) is 5.56 Å². The lowest BCUT2D eigenvalue weighted by molar-refractivity contribution is -0.119. The zero-order chi connectivity index (χ0) is 22.4. The first kappa shape index (κ1) is 21.7. The second-order valence-corrected chi connectivity index (χ2v) is 6.81. The average molecular weight is 427 g/mol. The largest absolute Gasteiger partial charge is 0.442 e. The van der Waals surface area contributed by atoms with Gasteiger partial charge in [0.1, 0.15) is 11.9 Å². The van der Waals surface area contributed by atoms with E-state index in [0.29, 0.717) is 23.4 Å². The molecule has 3 rings (SSSR count). The van der Waals surface area contributed by atoms with Gasteiger partial charge in [0.25, 0.3) is 0 Å². The molecule has 0 bridgehead atoms. The van der Waals surface area contributed by atoms with Crippen LogP contribution in [-0.4, -0.2) is 48.4 Å². The smallest absolute Gasteiger partial charge is 0.414 e. The highest BCUT2D eigenvalue weighted by Gasteiger charge is 2.32. The SMILES string of the molecule is CC(=O)NC[C@H]1CN(c2ccc(-c3ccc(CC=NNC(=N)N)cn3)c(F)c2)C(=O)O1. The summed E-state index contributed by atoms with van der Waals surface area (Å²) < 4.78 is 20.0. The molecular formula is C20H22FN7O3. The molecule has 2 aromatic rings. The maximum atomic E-state index is 14.8. The number of anilines is 1. The first-order valence-corrected chi connectivity index (χ1v) is 9.42. The van der Waals surface area contributed by atoms with Gasteiger partial charge < -0.3 is 15.8 Å². The minimum atomic E-state index is -0.592. The Bertz CT molecular complexity index is 1010. The van der Waals surface area contributed by atoms with Gasteiger partial charge in [-0.3, -0.25) is 20.1 Å². The number of guanidine groups is 1. The number of rotatable bonds is 7. The van der Waals surface area contributed by atoms with Crippen molar-refractivity contribution >= 4 is 29.9 Å². The molecule has 1 aliphatic rings. The van der Waals surface area contributed by atoms with E-state index in [1.807, 2.05) is 0 Å². The van der Waals surface area contributed by atoms with E-state index in [-0.39, 0.29) is 25.0 Å². The number of nitrogens with zero attached hydrogens (tertiary/aromatic N) is 3. The van der Waals surface area contributed by atoms with Crippen molar-refractivity contribution in [3.8, 4) is 11.3 Å². The molecule has 1 atom stereocenters. The van der Waals surface area contributed by atoms with Crippen LogP contribution in [0.25, 0.3) is 11.3 Å². The summed E-state index contributed by atoms with van der Waals surface area (Å²) in [7, 11) is 0. The predicted molar refractivity (Wildman–Crippen MR) is 113 cm³/mol. The molecule has 0 unspecified atom stereocenters. The van der Waals surface area contributed by atoms with Crippen LogP contribution in [0.5, 0.6) is 0 Å². The Balaban J connectivity index is 1.67. The minimum Gasteiger partial charge on any atom is -0.442 e. The number of nitrogens with one attached hydrogen (secondary N) is 3. The molecule has 1 aliphatic heterocycles. The van der Waals surface area contributed by atoms with E-state index in [9.17, 15) is 14.0 Å². The number of carbonyl (C=O) groups is 2. The fourth-order valence-electron chi connectivity index (χ4n) is 2.95. The molecule has 0 saturated carbocycles. The molecule has 2 amide bonds. The molecule has 5 N–H and O–H groups in total. The number of cyclic esters (lactones) is 1. The standard InChI is InChI=1S/C20H22FN7O3/c1-12(29)24-10-15-11-28(20(30)31-15)14-3-4-16(17(21)8-14)18-5-2-13(9-25-18)6-7-26-27-19(22)23/h2-5,7-9,15H,6,10-11H2,1H3,(H,24,29)(H4,22,23,27)/t15-/m0/s1. The summed E-state index contributed by atoms with van der Waals surface area (Å²) in [6.45, 7) is 1.79. The van der Waals surface area contributed by atoms with E-state index < -0.39 is 18.0 Å². The summed E-state index contributed by atoms with van der Waals surface area (Å²) in [6.07, 6.45) is 2.52. The molecule has 31 heavy (non-hydrogen) atoms. The molecule has 1 aromatic heterocycles. The second-order valence-electron chi connectivity index (χ2n) is 6.81. The first-order valence-electron chi connectivity index (χ1n) is 9.42. The normalized spacial score (nSPS) is 15.7. The number of nitrogens with two attached hydrogens (primary N) is 1. The van der Waals surface area contributed by atoms with Crippen LogP contribution in [0.2, 0.25) is 0 Å². The van der Waals surface area contributed by atoms with Crippen LogP contribution in [0.1, 0.15) is 12.5 Å². The summed E-state index contributed by atoms with van der Waals surface area (Å²) >= 11 is 0. The van der Waals surface area contributed by atoms with Gasteiger partial charge in [-0.2, -0.15) is 5.10 Å². The fraction of sp³-hybridized carbons (Fsp3) is 0.250. The molecule has 0 spiro atoms. The third kappa shape index (κ3) is 5.75. The van der Waals surface area contributed by atoms with Crippen molar-refractivity contribution in [2.45, 2.75) is 19.4 Å². The zero-order valence-corrected chi connectivity index (χ0v) is 16.8. The predicted octanol–water partition coefficient (Wildman–Crippen LogP) is 1.36. The van der Waals surface area contributed by atoms with E-state index in [1.165, 1.54) is 17.9 Å². The number of hydrogen-bond donors (Lipinski definition) is 4. The van der Waals surface area contributed by atoms with Gasteiger partial charge in [0.2, 0.25) is 11.9 Å². The van der Waals surface area contributed by atoms with Crippen molar-refractivity contribution in [2.24, 2.45) is 10.8 Å². The Hall–Kier alpha value is -4.02. The highest BCUT2D eigenvalue weighted by atomic mass is 19.1. The fourth-order valence-corrected chi connectivity index (χ4v) is 2.95.